The average Bonchev–Trinajstić information content (AvgIpc) is 3.11. The number of rotatable bonds is 6. The van der Waals surface area contributed by atoms with Gasteiger partial charge in [0.05, 0.1) is 17.1 Å². The van der Waals surface area contributed by atoms with Crippen molar-refractivity contribution in [2.75, 3.05) is 11.1 Å². The molecular weight excluding hydrogens is 397 g/mol. The topological polar surface area (TPSA) is 59.1 Å². The third-order valence-electron chi connectivity index (χ3n) is 3.48. The SMILES string of the molecule is O=C(C[S@@](=O)Cc1csc(-c2ccccc2)n1)Nc1ccc(F)c(F)c1F. The van der Waals surface area contributed by atoms with Crippen LogP contribution in [0.25, 0.3) is 10.6 Å². The minimum Gasteiger partial charge on any atom is -0.323 e. The zero-order chi connectivity index (χ0) is 19.4. The molecule has 1 aromatic heterocycles. The molecule has 1 amide bonds. The van der Waals surface area contributed by atoms with Crippen molar-refractivity contribution < 1.29 is 22.2 Å². The van der Waals surface area contributed by atoms with E-state index in [9.17, 15) is 22.2 Å². The van der Waals surface area contributed by atoms with Gasteiger partial charge in [0, 0.05) is 21.7 Å². The van der Waals surface area contributed by atoms with E-state index in [-0.39, 0.29) is 5.75 Å². The van der Waals surface area contributed by atoms with Crippen LogP contribution in [0.1, 0.15) is 5.69 Å². The number of nitrogens with zero attached hydrogens (tertiary/aromatic N) is 1. The predicted octanol–water partition coefficient (Wildman–Crippen LogP) is 4.11. The Balaban J connectivity index is 1.59. The fourth-order valence-corrected chi connectivity index (χ4v) is 4.13. The number of nitrogens with one attached hydrogen (secondary N) is 1. The first-order valence-corrected chi connectivity index (χ1v) is 10.1. The molecule has 9 heteroatoms. The Morgan fingerprint density at radius 2 is 1.81 bits per heavy atom. The van der Waals surface area contributed by atoms with Gasteiger partial charge in [0.2, 0.25) is 5.91 Å². The summed E-state index contributed by atoms with van der Waals surface area (Å²) in [7, 11) is -1.59. The quantitative estimate of drug-likeness (QED) is 0.622. The van der Waals surface area contributed by atoms with Crippen molar-refractivity contribution in [2.24, 2.45) is 0 Å². The van der Waals surface area contributed by atoms with Gasteiger partial charge in [-0.25, -0.2) is 18.2 Å². The highest BCUT2D eigenvalue weighted by molar-refractivity contribution is 7.84. The van der Waals surface area contributed by atoms with E-state index in [1.807, 2.05) is 30.3 Å². The van der Waals surface area contributed by atoms with Gasteiger partial charge in [-0.1, -0.05) is 30.3 Å². The summed E-state index contributed by atoms with van der Waals surface area (Å²) in [5.41, 5.74) is 1.01. The van der Waals surface area contributed by atoms with E-state index in [2.05, 4.69) is 10.3 Å². The summed E-state index contributed by atoms with van der Waals surface area (Å²) in [5.74, 6) is -5.66. The monoisotopic (exact) mass is 410 g/mol. The summed E-state index contributed by atoms with van der Waals surface area (Å²) in [6, 6.07) is 11.1. The highest BCUT2D eigenvalue weighted by Crippen LogP contribution is 2.24. The highest BCUT2D eigenvalue weighted by atomic mass is 32.2. The maximum absolute atomic E-state index is 13.6. The van der Waals surface area contributed by atoms with Gasteiger partial charge in [-0.2, -0.15) is 0 Å². The number of benzene rings is 2. The molecule has 0 aliphatic heterocycles. The first-order chi connectivity index (χ1) is 12.9. The van der Waals surface area contributed by atoms with Crippen LogP contribution in [0.5, 0.6) is 0 Å². The lowest BCUT2D eigenvalue weighted by Gasteiger charge is -2.07. The standard InChI is InChI=1S/C18H13F3N2O2S2/c19-13-6-7-14(17(21)16(13)20)23-15(24)10-27(25)9-12-8-26-18(22-12)11-4-2-1-3-5-11/h1-8H,9-10H2,(H,23,24)/t27-/m0/s1. The molecule has 0 radical (unpaired) electrons. The Kier molecular flexibility index (Phi) is 6.02. The van der Waals surface area contributed by atoms with Crippen LogP contribution in [0.3, 0.4) is 0 Å². The zero-order valence-electron chi connectivity index (χ0n) is 13.7. The van der Waals surface area contributed by atoms with Crippen molar-refractivity contribution in [1.82, 2.24) is 4.98 Å². The summed E-state index contributed by atoms with van der Waals surface area (Å²) in [4.78, 5) is 16.3. The van der Waals surface area contributed by atoms with Gasteiger partial charge < -0.3 is 5.32 Å². The third-order valence-corrected chi connectivity index (χ3v) is 5.62. The molecule has 0 spiro atoms. The molecule has 1 atom stereocenters. The van der Waals surface area contributed by atoms with Crippen molar-refractivity contribution >= 4 is 33.7 Å². The number of thiazole rings is 1. The Labute approximate surface area is 159 Å². The molecular formula is C18H13F3N2O2S2. The fraction of sp³-hybridized carbons (Fsp3) is 0.111. The molecule has 1 N–H and O–H groups in total. The first-order valence-electron chi connectivity index (χ1n) is 7.72. The molecule has 3 rings (SSSR count). The number of halogens is 3. The maximum Gasteiger partial charge on any atom is 0.237 e. The molecule has 140 valence electrons. The van der Waals surface area contributed by atoms with Crippen molar-refractivity contribution in [2.45, 2.75) is 5.75 Å². The molecule has 3 aromatic rings. The molecule has 27 heavy (non-hydrogen) atoms. The van der Waals surface area contributed by atoms with E-state index in [0.29, 0.717) is 11.8 Å². The number of carbonyl (C=O) groups excluding carboxylic acids is 1. The molecule has 0 aliphatic rings. The summed E-state index contributed by atoms with van der Waals surface area (Å²) in [6.45, 7) is 0. The lowest BCUT2D eigenvalue weighted by molar-refractivity contribution is -0.113. The molecule has 0 saturated heterocycles. The van der Waals surface area contributed by atoms with Crippen LogP contribution in [-0.4, -0.2) is 20.9 Å². The van der Waals surface area contributed by atoms with Crippen LogP contribution in [-0.2, 0) is 21.3 Å². The van der Waals surface area contributed by atoms with Gasteiger partial charge in [-0.05, 0) is 12.1 Å². The van der Waals surface area contributed by atoms with Gasteiger partial charge in [0.15, 0.2) is 17.5 Å². The largest absolute Gasteiger partial charge is 0.323 e. The smallest absolute Gasteiger partial charge is 0.237 e. The molecule has 0 bridgehead atoms. The van der Waals surface area contributed by atoms with E-state index in [4.69, 9.17) is 0 Å². The molecule has 4 nitrogen and oxygen atoms in total. The van der Waals surface area contributed by atoms with Gasteiger partial charge >= 0.3 is 0 Å². The Morgan fingerprint density at radius 3 is 2.56 bits per heavy atom. The van der Waals surface area contributed by atoms with Gasteiger partial charge in [-0.15, -0.1) is 11.3 Å². The second-order valence-corrected chi connectivity index (χ2v) is 7.82. The van der Waals surface area contributed by atoms with Gasteiger partial charge in [0.1, 0.15) is 10.8 Å². The molecule has 0 fully saturated rings. The zero-order valence-corrected chi connectivity index (χ0v) is 15.4. The lowest BCUT2D eigenvalue weighted by atomic mass is 10.2. The number of aromatic nitrogens is 1. The second-order valence-electron chi connectivity index (χ2n) is 5.51. The van der Waals surface area contributed by atoms with E-state index < -0.39 is 45.6 Å². The van der Waals surface area contributed by atoms with Crippen LogP contribution in [0.15, 0.2) is 47.8 Å². The van der Waals surface area contributed by atoms with Crippen LogP contribution in [0.2, 0.25) is 0 Å². The number of carbonyl (C=O) groups is 1. The molecule has 2 aromatic carbocycles. The molecule has 0 saturated carbocycles. The van der Waals surface area contributed by atoms with Crippen molar-refractivity contribution in [3.05, 3.63) is 71.0 Å². The average molecular weight is 410 g/mol. The third kappa shape index (κ3) is 4.81. The fourth-order valence-electron chi connectivity index (χ4n) is 2.26. The second kappa shape index (κ2) is 8.45. The van der Waals surface area contributed by atoms with Crippen molar-refractivity contribution in [3.8, 4) is 10.6 Å². The molecule has 0 aliphatic carbocycles. The van der Waals surface area contributed by atoms with Crippen LogP contribution in [0.4, 0.5) is 18.9 Å². The minimum absolute atomic E-state index is 0.0526. The number of hydrogen-bond donors (Lipinski definition) is 1. The van der Waals surface area contributed by atoms with Crippen molar-refractivity contribution in [1.29, 1.82) is 0 Å². The summed E-state index contributed by atoms with van der Waals surface area (Å²) in [5, 5.41) is 4.63. The van der Waals surface area contributed by atoms with Gasteiger partial charge in [0.25, 0.3) is 0 Å². The first kappa shape index (κ1) is 19.2. The number of hydrogen-bond acceptors (Lipinski definition) is 4. The molecule has 1 heterocycles. The number of anilines is 1. The predicted molar refractivity (Wildman–Crippen MR) is 99.2 cm³/mol. The Hall–Kier alpha value is -2.52. The summed E-state index contributed by atoms with van der Waals surface area (Å²) < 4.78 is 51.8. The van der Waals surface area contributed by atoms with Crippen LogP contribution >= 0.6 is 11.3 Å². The van der Waals surface area contributed by atoms with Crippen molar-refractivity contribution in [3.63, 3.8) is 0 Å². The van der Waals surface area contributed by atoms with Crippen LogP contribution in [0, 0.1) is 17.5 Å². The van der Waals surface area contributed by atoms with E-state index in [0.717, 1.165) is 16.6 Å². The van der Waals surface area contributed by atoms with E-state index >= 15 is 0 Å². The number of amides is 1. The Morgan fingerprint density at radius 1 is 1.07 bits per heavy atom. The highest BCUT2D eigenvalue weighted by Gasteiger charge is 2.17. The van der Waals surface area contributed by atoms with Crippen LogP contribution < -0.4 is 5.32 Å². The lowest BCUT2D eigenvalue weighted by Crippen LogP contribution is -2.21. The van der Waals surface area contributed by atoms with E-state index in [1.165, 1.54) is 11.3 Å². The Bertz CT molecular complexity index is 994. The van der Waals surface area contributed by atoms with Gasteiger partial charge in [-0.3, -0.25) is 9.00 Å². The normalized spacial score (nSPS) is 12.0. The summed E-state index contributed by atoms with van der Waals surface area (Å²) in [6.07, 6.45) is 0. The minimum atomic E-state index is -1.68. The molecule has 0 unspecified atom stereocenters. The van der Waals surface area contributed by atoms with E-state index in [1.54, 1.807) is 5.38 Å². The maximum atomic E-state index is 13.6. The summed E-state index contributed by atoms with van der Waals surface area (Å²) >= 11 is 1.40.